The Balaban J connectivity index is 2.06. The molecule has 0 aliphatic rings. The average molecular weight is 278 g/mol. The van der Waals surface area contributed by atoms with Crippen molar-refractivity contribution in [1.29, 1.82) is 0 Å². The maximum absolute atomic E-state index is 8.70. The number of nitrogens with two attached hydrogens (primary N) is 1. The number of rotatable bonds is 9. The van der Waals surface area contributed by atoms with Crippen molar-refractivity contribution in [2.45, 2.75) is 39.5 Å². The SMILES string of the molecule is CC(C)(CCCCNCCc1ccccn1)/C(N)=N/O. The zero-order valence-corrected chi connectivity index (χ0v) is 12.5. The van der Waals surface area contributed by atoms with Gasteiger partial charge in [-0.05, 0) is 31.5 Å². The zero-order valence-electron chi connectivity index (χ0n) is 12.5. The number of pyridine rings is 1. The van der Waals surface area contributed by atoms with Gasteiger partial charge in [0.25, 0.3) is 0 Å². The van der Waals surface area contributed by atoms with Gasteiger partial charge in [0.05, 0.1) is 0 Å². The van der Waals surface area contributed by atoms with E-state index < -0.39 is 0 Å². The molecule has 0 aromatic carbocycles. The number of hydrogen-bond donors (Lipinski definition) is 3. The smallest absolute Gasteiger partial charge is 0.144 e. The molecule has 0 amide bonds. The summed E-state index contributed by atoms with van der Waals surface area (Å²) in [6.45, 7) is 5.92. The minimum Gasteiger partial charge on any atom is -0.409 e. The number of aromatic nitrogens is 1. The molecule has 0 saturated heterocycles. The van der Waals surface area contributed by atoms with Crippen LogP contribution in [0.1, 0.15) is 38.8 Å². The fourth-order valence-electron chi connectivity index (χ4n) is 1.97. The van der Waals surface area contributed by atoms with Crippen LogP contribution in [0.2, 0.25) is 0 Å². The molecule has 0 unspecified atom stereocenters. The van der Waals surface area contributed by atoms with Crippen molar-refractivity contribution < 1.29 is 5.21 Å². The lowest BCUT2D eigenvalue weighted by Gasteiger charge is -2.22. The van der Waals surface area contributed by atoms with Crippen molar-refractivity contribution in [3.05, 3.63) is 30.1 Å². The Hall–Kier alpha value is -1.62. The van der Waals surface area contributed by atoms with Crippen molar-refractivity contribution in [3.8, 4) is 0 Å². The summed E-state index contributed by atoms with van der Waals surface area (Å²) in [5, 5.41) is 15.2. The number of nitrogens with zero attached hydrogens (tertiary/aromatic N) is 2. The topological polar surface area (TPSA) is 83.5 Å². The first-order valence-electron chi connectivity index (χ1n) is 7.15. The lowest BCUT2D eigenvalue weighted by Crippen LogP contribution is -2.32. The number of amidine groups is 1. The molecule has 0 atom stereocenters. The predicted molar refractivity (Wildman–Crippen MR) is 81.9 cm³/mol. The Morgan fingerprint density at radius 1 is 1.35 bits per heavy atom. The van der Waals surface area contributed by atoms with Gasteiger partial charge in [-0.3, -0.25) is 4.98 Å². The molecule has 0 aliphatic heterocycles. The maximum Gasteiger partial charge on any atom is 0.144 e. The summed E-state index contributed by atoms with van der Waals surface area (Å²) in [5.74, 6) is 0.306. The van der Waals surface area contributed by atoms with E-state index >= 15 is 0 Å². The molecule has 5 heteroatoms. The summed E-state index contributed by atoms with van der Waals surface area (Å²) < 4.78 is 0. The van der Waals surface area contributed by atoms with Crippen LogP contribution in [-0.2, 0) is 6.42 Å². The molecule has 112 valence electrons. The van der Waals surface area contributed by atoms with Crippen LogP contribution in [0.25, 0.3) is 0 Å². The molecule has 0 fully saturated rings. The fraction of sp³-hybridized carbons (Fsp3) is 0.600. The Morgan fingerprint density at radius 2 is 2.15 bits per heavy atom. The van der Waals surface area contributed by atoms with E-state index in [1.165, 1.54) is 0 Å². The molecular weight excluding hydrogens is 252 g/mol. The van der Waals surface area contributed by atoms with Gasteiger partial charge in [0.1, 0.15) is 5.84 Å². The van der Waals surface area contributed by atoms with Crippen LogP contribution in [0.15, 0.2) is 29.6 Å². The molecule has 5 nitrogen and oxygen atoms in total. The minimum atomic E-state index is -0.233. The van der Waals surface area contributed by atoms with E-state index in [0.717, 1.165) is 44.5 Å². The summed E-state index contributed by atoms with van der Waals surface area (Å²) in [6.07, 6.45) is 5.84. The Labute approximate surface area is 121 Å². The number of oxime groups is 1. The van der Waals surface area contributed by atoms with Crippen LogP contribution in [-0.4, -0.2) is 29.1 Å². The predicted octanol–water partition coefficient (Wildman–Crippen LogP) is 2.16. The summed E-state index contributed by atoms with van der Waals surface area (Å²) in [6, 6.07) is 5.98. The minimum absolute atomic E-state index is 0.233. The Kier molecular flexibility index (Phi) is 7.01. The van der Waals surface area contributed by atoms with Gasteiger partial charge in [0.2, 0.25) is 0 Å². The highest BCUT2D eigenvalue weighted by Gasteiger charge is 2.22. The van der Waals surface area contributed by atoms with Crippen molar-refractivity contribution >= 4 is 5.84 Å². The molecule has 0 aliphatic carbocycles. The summed E-state index contributed by atoms with van der Waals surface area (Å²) >= 11 is 0. The largest absolute Gasteiger partial charge is 0.409 e. The lowest BCUT2D eigenvalue weighted by atomic mass is 9.86. The Morgan fingerprint density at radius 3 is 2.80 bits per heavy atom. The van der Waals surface area contributed by atoms with Gasteiger partial charge in [0.15, 0.2) is 0 Å². The fourth-order valence-corrected chi connectivity index (χ4v) is 1.97. The van der Waals surface area contributed by atoms with E-state index in [1.807, 2.05) is 38.2 Å². The van der Waals surface area contributed by atoms with Crippen LogP contribution in [0.3, 0.4) is 0 Å². The molecule has 1 aromatic heterocycles. The third-order valence-electron chi connectivity index (χ3n) is 3.49. The monoisotopic (exact) mass is 278 g/mol. The van der Waals surface area contributed by atoms with Crippen LogP contribution in [0, 0.1) is 5.41 Å². The van der Waals surface area contributed by atoms with E-state index in [2.05, 4.69) is 15.5 Å². The average Bonchev–Trinajstić information content (AvgIpc) is 2.46. The highest BCUT2D eigenvalue weighted by molar-refractivity contribution is 5.85. The molecule has 4 N–H and O–H groups in total. The highest BCUT2D eigenvalue weighted by atomic mass is 16.4. The maximum atomic E-state index is 8.70. The molecule has 0 saturated carbocycles. The van der Waals surface area contributed by atoms with Crippen LogP contribution < -0.4 is 11.1 Å². The quantitative estimate of drug-likeness (QED) is 0.212. The normalized spacial score (nSPS) is 12.6. The third kappa shape index (κ3) is 6.02. The Bertz CT molecular complexity index is 404. The molecule has 0 radical (unpaired) electrons. The molecule has 0 bridgehead atoms. The number of unbranched alkanes of at least 4 members (excludes halogenated alkanes) is 1. The molecule has 1 aromatic rings. The first kappa shape index (κ1) is 16.4. The molecule has 1 rings (SSSR count). The lowest BCUT2D eigenvalue weighted by molar-refractivity contribution is 0.304. The van der Waals surface area contributed by atoms with E-state index in [1.54, 1.807) is 0 Å². The summed E-state index contributed by atoms with van der Waals surface area (Å²) in [4.78, 5) is 4.28. The molecule has 1 heterocycles. The van der Waals surface area contributed by atoms with E-state index in [-0.39, 0.29) is 5.41 Å². The number of hydrogen-bond acceptors (Lipinski definition) is 4. The molecular formula is C15H26N4O. The second-order valence-electron chi connectivity index (χ2n) is 5.65. The van der Waals surface area contributed by atoms with Crippen molar-refractivity contribution in [3.63, 3.8) is 0 Å². The second kappa shape index (κ2) is 8.53. The number of nitrogens with one attached hydrogen (secondary N) is 1. The first-order chi connectivity index (χ1) is 9.56. The van der Waals surface area contributed by atoms with Crippen molar-refractivity contribution in [1.82, 2.24) is 10.3 Å². The first-order valence-corrected chi connectivity index (χ1v) is 7.15. The third-order valence-corrected chi connectivity index (χ3v) is 3.49. The standard InChI is InChI=1S/C15H26N4O/c1-15(2,14(16)19-20)9-4-6-10-17-12-8-13-7-3-5-11-18-13/h3,5,7,11,17,20H,4,6,8-10,12H2,1-2H3,(H2,16,19). The van der Waals surface area contributed by atoms with Gasteiger partial charge in [0, 0.05) is 30.3 Å². The summed E-state index contributed by atoms with van der Waals surface area (Å²) in [5.41, 5.74) is 6.54. The molecule has 0 spiro atoms. The van der Waals surface area contributed by atoms with Gasteiger partial charge in [-0.2, -0.15) is 0 Å². The molecule has 20 heavy (non-hydrogen) atoms. The van der Waals surface area contributed by atoms with E-state index in [9.17, 15) is 0 Å². The van der Waals surface area contributed by atoms with Crippen LogP contribution in [0.4, 0.5) is 0 Å². The van der Waals surface area contributed by atoms with Gasteiger partial charge in [-0.1, -0.05) is 31.5 Å². The van der Waals surface area contributed by atoms with Crippen LogP contribution >= 0.6 is 0 Å². The summed E-state index contributed by atoms with van der Waals surface area (Å²) in [7, 11) is 0. The van der Waals surface area contributed by atoms with Crippen LogP contribution in [0.5, 0.6) is 0 Å². The highest BCUT2D eigenvalue weighted by Crippen LogP contribution is 2.22. The van der Waals surface area contributed by atoms with E-state index in [0.29, 0.717) is 5.84 Å². The van der Waals surface area contributed by atoms with E-state index in [4.69, 9.17) is 10.9 Å². The van der Waals surface area contributed by atoms with Gasteiger partial charge in [-0.25, -0.2) is 0 Å². The van der Waals surface area contributed by atoms with Gasteiger partial charge >= 0.3 is 0 Å². The van der Waals surface area contributed by atoms with Gasteiger partial charge in [-0.15, -0.1) is 0 Å². The zero-order chi connectivity index (χ0) is 14.8. The van der Waals surface area contributed by atoms with Gasteiger partial charge < -0.3 is 16.3 Å². The van der Waals surface area contributed by atoms with Crippen molar-refractivity contribution in [2.75, 3.05) is 13.1 Å². The second-order valence-corrected chi connectivity index (χ2v) is 5.65. The van der Waals surface area contributed by atoms with Crippen molar-refractivity contribution in [2.24, 2.45) is 16.3 Å².